The van der Waals surface area contributed by atoms with E-state index in [2.05, 4.69) is 10.4 Å². The van der Waals surface area contributed by atoms with E-state index >= 15 is 0 Å². The van der Waals surface area contributed by atoms with Crippen LogP contribution in [0.4, 0.5) is 5.00 Å². The predicted molar refractivity (Wildman–Crippen MR) is 99.8 cm³/mol. The Balaban J connectivity index is 2.30. The lowest BCUT2D eigenvalue weighted by Crippen LogP contribution is -2.25. The van der Waals surface area contributed by atoms with Gasteiger partial charge in [-0.25, -0.2) is 4.79 Å². The van der Waals surface area contributed by atoms with Gasteiger partial charge in [-0.05, 0) is 47.1 Å². The van der Waals surface area contributed by atoms with Crippen LogP contribution in [0.3, 0.4) is 0 Å². The van der Waals surface area contributed by atoms with E-state index in [0.717, 1.165) is 16.1 Å². The van der Waals surface area contributed by atoms with Gasteiger partial charge in [0.15, 0.2) is 0 Å². The minimum Gasteiger partial charge on any atom is -0.462 e. The van der Waals surface area contributed by atoms with Crippen LogP contribution in [0.5, 0.6) is 0 Å². The van der Waals surface area contributed by atoms with Crippen LogP contribution < -0.4 is 5.32 Å². The summed E-state index contributed by atoms with van der Waals surface area (Å²) in [6, 6.07) is -0.566. The molecular formula is C17H22ClN3O3S. The van der Waals surface area contributed by atoms with Crippen LogP contribution >= 0.6 is 22.9 Å². The van der Waals surface area contributed by atoms with E-state index in [1.807, 2.05) is 20.8 Å². The number of aryl methyl sites for hydroxylation is 2. The van der Waals surface area contributed by atoms with Crippen molar-refractivity contribution in [2.75, 3.05) is 11.9 Å². The number of halogens is 1. The number of anilines is 1. The maximum absolute atomic E-state index is 12.7. The summed E-state index contributed by atoms with van der Waals surface area (Å²) in [7, 11) is 0. The third kappa shape index (κ3) is 3.72. The van der Waals surface area contributed by atoms with Gasteiger partial charge in [0.1, 0.15) is 11.0 Å². The highest BCUT2D eigenvalue weighted by Crippen LogP contribution is 2.33. The highest BCUT2D eigenvalue weighted by Gasteiger charge is 2.25. The Bertz CT molecular complexity index is 826. The largest absolute Gasteiger partial charge is 0.462 e. The van der Waals surface area contributed by atoms with Crippen molar-refractivity contribution in [3.63, 3.8) is 0 Å². The van der Waals surface area contributed by atoms with E-state index in [4.69, 9.17) is 16.3 Å². The zero-order valence-corrected chi connectivity index (χ0v) is 16.8. The van der Waals surface area contributed by atoms with Crippen LogP contribution in [-0.4, -0.2) is 28.3 Å². The molecule has 0 bridgehead atoms. The molecule has 0 aliphatic rings. The minimum atomic E-state index is -0.566. The van der Waals surface area contributed by atoms with Gasteiger partial charge in [-0.3, -0.25) is 9.48 Å². The smallest absolute Gasteiger partial charge is 0.341 e. The highest BCUT2D eigenvalue weighted by molar-refractivity contribution is 7.16. The topological polar surface area (TPSA) is 73.2 Å². The molecule has 0 spiro atoms. The molecule has 6 nitrogen and oxygen atoms in total. The highest BCUT2D eigenvalue weighted by atomic mass is 35.5. The van der Waals surface area contributed by atoms with Crippen LogP contribution in [0.1, 0.15) is 52.1 Å². The van der Waals surface area contributed by atoms with E-state index in [1.165, 1.54) is 11.3 Å². The molecule has 2 aromatic heterocycles. The summed E-state index contributed by atoms with van der Waals surface area (Å²) in [6.07, 6.45) is 0. The molecule has 0 fully saturated rings. The third-order valence-corrected chi connectivity index (χ3v) is 5.75. The fourth-order valence-electron chi connectivity index (χ4n) is 2.51. The summed E-state index contributed by atoms with van der Waals surface area (Å²) in [5.74, 6) is -0.699. The molecule has 1 N–H and O–H groups in total. The van der Waals surface area contributed by atoms with E-state index < -0.39 is 12.0 Å². The van der Waals surface area contributed by atoms with Crippen LogP contribution in [0.25, 0.3) is 0 Å². The molecule has 25 heavy (non-hydrogen) atoms. The van der Waals surface area contributed by atoms with Crippen molar-refractivity contribution in [3.8, 4) is 0 Å². The van der Waals surface area contributed by atoms with Crippen molar-refractivity contribution in [1.82, 2.24) is 9.78 Å². The Kier molecular flexibility index (Phi) is 5.90. The second kappa shape index (κ2) is 7.58. The summed E-state index contributed by atoms with van der Waals surface area (Å²) < 4.78 is 6.70. The lowest BCUT2D eigenvalue weighted by Gasteiger charge is -2.14. The molecule has 2 heterocycles. The molecule has 0 aromatic carbocycles. The van der Waals surface area contributed by atoms with Crippen molar-refractivity contribution in [2.45, 2.75) is 47.6 Å². The second-order valence-electron chi connectivity index (χ2n) is 5.80. The maximum Gasteiger partial charge on any atom is 0.341 e. The SMILES string of the molecule is CCOC(=O)c1c(NC(=O)C(C)n2nc(C)c(Cl)c2C)sc(C)c1C. The average Bonchev–Trinajstić information content (AvgIpc) is 2.97. The van der Waals surface area contributed by atoms with Crippen molar-refractivity contribution in [2.24, 2.45) is 0 Å². The van der Waals surface area contributed by atoms with Gasteiger partial charge in [0.25, 0.3) is 0 Å². The zero-order valence-electron chi connectivity index (χ0n) is 15.2. The van der Waals surface area contributed by atoms with E-state index in [1.54, 1.807) is 25.5 Å². The molecule has 136 valence electrons. The number of amides is 1. The number of aromatic nitrogens is 2. The first kappa shape index (κ1) is 19.5. The average molecular weight is 384 g/mol. The molecular weight excluding hydrogens is 362 g/mol. The van der Waals surface area contributed by atoms with Gasteiger partial charge in [-0.15, -0.1) is 11.3 Å². The van der Waals surface area contributed by atoms with E-state index in [0.29, 0.717) is 21.3 Å². The summed E-state index contributed by atoms with van der Waals surface area (Å²) >= 11 is 7.52. The first-order chi connectivity index (χ1) is 11.7. The number of rotatable bonds is 5. The van der Waals surface area contributed by atoms with Crippen LogP contribution in [0, 0.1) is 27.7 Å². The Labute approximate surface area is 156 Å². The number of esters is 1. The van der Waals surface area contributed by atoms with Gasteiger partial charge in [0.05, 0.1) is 28.6 Å². The van der Waals surface area contributed by atoms with Crippen molar-refractivity contribution >= 4 is 39.8 Å². The summed E-state index contributed by atoms with van der Waals surface area (Å²) in [4.78, 5) is 25.9. The molecule has 0 saturated carbocycles. The Morgan fingerprint density at radius 2 is 1.96 bits per heavy atom. The number of hydrogen-bond acceptors (Lipinski definition) is 5. The van der Waals surface area contributed by atoms with Crippen molar-refractivity contribution < 1.29 is 14.3 Å². The Hall–Kier alpha value is -1.86. The predicted octanol–water partition coefficient (Wildman–Crippen LogP) is 4.21. The first-order valence-corrected chi connectivity index (χ1v) is 9.17. The van der Waals surface area contributed by atoms with Crippen LogP contribution in [0.2, 0.25) is 5.02 Å². The third-order valence-electron chi connectivity index (χ3n) is 4.08. The van der Waals surface area contributed by atoms with Crippen molar-refractivity contribution in [3.05, 3.63) is 32.4 Å². The summed E-state index contributed by atoms with van der Waals surface area (Å²) in [6.45, 7) is 11.1. The Morgan fingerprint density at radius 1 is 1.32 bits per heavy atom. The number of thiophene rings is 1. The molecule has 1 atom stereocenters. The summed E-state index contributed by atoms with van der Waals surface area (Å²) in [5, 5.41) is 8.21. The summed E-state index contributed by atoms with van der Waals surface area (Å²) in [5.41, 5.74) is 2.64. The van der Waals surface area contributed by atoms with Crippen molar-refractivity contribution in [1.29, 1.82) is 0 Å². The van der Waals surface area contributed by atoms with Crippen LogP contribution in [-0.2, 0) is 9.53 Å². The molecule has 1 amide bonds. The Morgan fingerprint density at radius 3 is 2.48 bits per heavy atom. The molecule has 2 rings (SSSR count). The molecule has 0 aliphatic carbocycles. The lowest BCUT2D eigenvalue weighted by molar-refractivity contribution is -0.119. The van der Waals surface area contributed by atoms with Gasteiger partial charge in [-0.1, -0.05) is 11.6 Å². The normalized spacial score (nSPS) is 12.1. The number of carbonyl (C=O) groups excluding carboxylic acids is 2. The van der Waals surface area contributed by atoms with Crippen LogP contribution in [0.15, 0.2) is 0 Å². The van der Waals surface area contributed by atoms with Gasteiger partial charge >= 0.3 is 5.97 Å². The standard InChI is InChI=1S/C17H22ClN3O3S/c1-7-24-17(23)13-8(2)12(6)25-16(13)19-15(22)11(5)21-10(4)14(18)9(3)20-21/h11H,7H2,1-6H3,(H,19,22). The van der Waals surface area contributed by atoms with E-state index in [-0.39, 0.29) is 12.5 Å². The quantitative estimate of drug-likeness (QED) is 0.785. The molecule has 0 saturated heterocycles. The monoisotopic (exact) mass is 383 g/mol. The molecule has 0 aliphatic heterocycles. The maximum atomic E-state index is 12.7. The minimum absolute atomic E-state index is 0.269. The van der Waals surface area contributed by atoms with E-state index in [9.17, 15) is 9.59 Å². The number of nitrogens with one attached hydrogen (secondary N) is 1. The first-order valence-electron chi connectivity index (χ1n) is 7.98. The number of ether oxygens (including phenoxy) is 1. The second-order valence-corrected chi connectivity index (χ2v) is 7.41. The molecule has 1 unspecified atom stereocenters. The zero-order chi connectivity index (χ0) is 18.9. The van der Waals surface area contributed by atoms with Gasteiger partial charge in [-0.2, -0.15) is 5.10 Å². The molecule has 2 aromatic rings. The number of nitrogens with zero attached hydrogens (tertiary/aromatic N) is 2. The van der Waals surface area contributed by atoms with Gasteiger partial charge < -0.3 is 10.1 Å². The molecule has 8 heteroatoms. The fraction of sp³-hybridized carbons (Fsp3) is 0.471. The molecule has 0 radical (unpaired) electrons. The number of hydrogen-bond donors (Lipinski definition) is 1. The lowest BCUT2D eigenvalue weighted by atomic mass is 10.1. The number of carbonyl (C=O) groups is 2. The fourth-order valence-corrected chi connectivity index (χ4v) is 3.69. The van der Waals surface area contributed by atoms with Gasteiger partial charge in [0.2, 0.25) is 5.91 Å². The van der Waals surface area contributed by atoms with Gasteiger partial charge in [0, 0.05) is 4.88 Å².